The zero-order valence-corrected chi connectivity index (χ0v) is 14.1. The van der Waals surface area contributed by atoms with Crippen LogP contribution in [0, 0.1) is 0 Å². The molecule has 2 heterocycles. The maximum atomic E-state index is 5.93. The highest BCUT2D eigenvalue weighted by Gasteiger charge is 2.33. The van der Waals surface area contributed by atoms with Crippen molar-refractivity contribution in [2.75, 3.05) is 57.1 Å². The summed E-state index contributed by atoms with van der Waals surface area (Å²) < 4.78 is 7.11. The summed E-state index contributed by atoms with van der Waals surface area (Å²) in [5.41, 5.74) is 9.48. The second-order valence-electron chi connectivity index (χ2n) is 7.16. The molecule has 1 aromatic rings. The van der Waals surface area contributed by atoms with Crippen LogP contribution in [0.1, 0.15) is 25.3 Å². The Morgan fingerprint density at radius 3 is 3.00 bits per heavy atom. The van der Waals surface area contributed by atoms with Gasteiger partial charge in [-0.15, -0.1) is 0 Å². The van der Waals surface area contributed by atoms with Crippen LogP contribution < -0.4 is 10.6 Å². The van der Waals surface area contributed by atoms with Crippen LogP contribution >= 0.6 is 0 Å². The van der Waals surface area contributed by atoms with Gasteiger partial charge in [0.05, 0.1) is 32.8 Å². The van der Waals surface area contributed by atoms with E-state index in [1.807, 2.05) is 6.07 Å². The maximum Gasteiger partial charge on any atom is 0.102 e. The van der Waals surface area contributed by atoms with Gasteiger partial charge in [-0.2, -0.15) is 0 Å². The van der Waals surface area contributed by atoms with Gasteiger partial charge in [-0.1, -0.05) is 6.07 Å². The van der Waals surface area contributed by atoms with E-state index in [1.54, 1.807) is 0 Å². The molecule has 2 unspecified atom stereocenters. The van der Waals surface area contributed by atoms with E-state index in [0.29, 0.717) is 0 Å². The highest BCUT2D eigenvalue weighted by atomic mass is 16.5. The Labute approximate surface area is 134 Å². The zero-order valence-electron chi connectivity index (χ0n) is 14.1. The average molecular weight is 304 g/mol. The lowest BCUT2D eigenvalue weighted by Gasteiger charge is -2.34. The first-order valence-electron chi connectivity index (χ1n) is 8.64. The van der Waals surface area contributed by atoms with E-state index in [-0.39, 0.29) is 0 Å². The summed E-state index contributed by atoms with van der Waals surface area (Å²) in [6.07, 6.45) is 3.86. The molecule has 0 aromatic heterocycles. The predicted molar refractivity (Wildman–Crippen MR) is 92.2 cm³/mol. The molecule has 1 fully saturated rings. The minimum absolute atomic E-state index is 0.789. The van der Waals surface area contributed by atoms with Crippen molar-refractivity contribution >= 4 is 11.4 Å². The summed E-state index contributed by atoms with van der Waals surface area (Å²) in [6, 6.07) is 7.04. The van der Waals surface area contributed by atoms with E-state index in [2.05, 4.69) is 31.0 Å². The van der Waals surface area contributed by atoms with Gasteiger partial charge >= 0.3 is 0 Å². The van der Waals surface area contributed by atoms with Gasteiger partial charge in [-0.25, -0.2) is 0 Å². The standard InChI is InChI=1S/C18H30N3O/c1-15-4-3-10-21(15,2)11-13-22-12-9-20-8-7-16-5-6-17(19)14-18(16)20/h5-6,14-15H,3-4,7-13,19H2,1-2H3/q+1. The van der Waals surface area contributed by atoms with Gasteiger partial charge in [0.2, 0.25) is 0 Å². The maximum absolute atomic E-state index is 5.93. The number of benzene rings is 1. The molecule has 0 saturated carbocycles. The van der Waals surface area contributed by atoms with Crippen LogP contribution in [-0.4, -0.2) is 57.0 Å². The lowest BCUT2D eigenvalue weighted by Crippen LogP contribution is -2.48. The summed E-state index contributed by atoms with van der Waals surface area (Å²) in [5.74, 6) is 0. The molecular formula is C18H30N3O+. The van der Waals surface area contributed by atoms with Gasteiger partial charge in [-0.05, 0) is 31.0 Å². The van der Waals surface area contributed by atoms with Crippen molar-refractivity contribution in [1.29, 1.82) is 0 Å². The second kappa shape index (κ2) is 6.47. The van der Waals surface area contributed by atoms with Crippen LogP contribution in [0.25, 0.3) is 0 Å². The number of nitrogens with zero attached hydrogens (tertiary/aromatic N) is 2. The van der Waals surface area contributed by atoms with Gasteiger partial charge in [0.1, 0.15) is 6.54 Å². The summed E-state index contributed by atoms with van der Waals surface area (Å²) in [7, 11) is 2.38. The van der Waals surface area contributed by atoms with Crippen molar-refractivity contribution in [2.24, 2.45) is 0 Å². The molecule has 2 atom stereocenters. The highest BCUT2D eigenvalue weighted by molar-refractivity contribution is 5.64. The fourth-order valence-electron chi connectivity index (χ4n) is 3.86. The number of quaternary nitrogens is 1. The number of likely N-dealkylation sites (tertiary alicyclic amines) is 1. The zero-order chi connectivity index (χ0) is 15.6. The predicted octanol–water partition coefficient (Wildman–Crippen LogP) is 2.28. The lowest BCUT2D eigenvalue weighted by molar-refractivity contribution is -0.919. The molecule has 2 aliphatic heterocycles. The quantitative estimate of drug-likeness (QED) is 0.498. The highest BCUT2D eigenvalue weighted by Crippen LogP contribution is 2.29. The Morgan fingerprint density at radius 2 is 2.23 bits per heavy atom. The minimum atomic E-state index is 0.789. The van der Waals surface area contributed by atoms with E-state index >= 15 is 0 Å². The molecule has 22 heavy (non-hydrogen) atoms. The number of hydrogen-bond donors (Lipinski definition) is 1. The van der Waals surface area contributed by atoms with Crippen LogP contribution in [0.4, 0.5) is 11.4 Å². The van der Waals surface area contributed by atoms with Crippen LogP contribution in [0.3, 0.4) is 0 Å². The molecule has 0 spiro atoms. The summed E-state index contributed by atoms with van der Waals surface area (Å²) in [5, 5.41) is 0. The second-order valence-corrected chi connectivity index (χ2v) is 7.16. The molecule has 2 aliphatic rings. The summed E-state index contributed by atoms with van der Waals surface area (Å²) in [6.45, 7) is 8.57. The van der Waals surface area contributed by atoms with Crippen LogP contribution in [0.5, 0.6) is 0 Å². The first-order chi connectivity index (χ1) is 10.6. The third-order valence-corrected chi connectivity index (χ3v) is 5.71. The smallest absolute Gasteiger partial charge is 0.102 e. The van der Waals surface area contributed by atoms with Crippen LogP contribution in [-0.2, 0) is 11.2 Å². The molecular weight excluding hydrogens is 274 g/mol. The molecule has 4 heteroatoms. The third kappa shape index (κ3) is 3.23. The van der Waals surface area contributed by atoms with E-state index in [4.69, 9.17) is 10.5 Å². The van der Waals surface area contributed by atoms with Crippen molar-refractivity contribution in [3.63, 3.8) is 0 Å². The summed E-state index contributed by atoms with van der Waals surface area (Å²) >= 11 is 0. The molecule has 0 amide bonds. The molecule has 0 radical (unpaired) electrons. The SMILES string of the molecule is CC1CCC[N+]1(C)CCOCCN1CCc2ccc(N)cc21. The van der Waals surface area contributed by atoms with E-state index in [0.717, 1.165) is 51.0 Å². The largest absolute Gasteiger partial charge is 0.399 e. The molecule has 4 nitrogen and oxygen atoms in total. The fourth-order valence-corrected chi connectivity index (χ4v) is 3.86. The number of ether oxygens (including phenoxy) is 1. The van der Waals surface area contributed by atoms with Crippen molar-refractivity contribution < 1.29 is 9.22 Å². The van der Waals surface area contributed by atoms with Crippen LogP contribution in [0.15, 0.2) is 18.2 Å². The Morgan fingerprint density at radius 1 is 1.36 bits per heavy atom. The van der Waals surface area contributed by atoms with Gasteiger partial charge < -0.3 is 19.9 Å². The Balaban J connectivity index is 1.41. The van der Waals surface area contributed by atoms with E-state index in [9.17, 15) is 0 Å². The van der Waals surface area contributed by atoms with Gasteiger partial charge in [0.15, 0.2) is 0 Å². The molecule has 1 saturated heterocycles. The van der Waals surface area contributed by atoms with Gasteiger partial charge in [0, 0.05) is 37.3 Å². The Kier molecular flexibility index (Phi) is 4.59. The first kappa shape index (κ1) is 15.6. The number of nitrogens with two attached hydrogens (primary N) is 1. The lowest BCUT2D eigenvalue weighted by atomic mass is 10.1. The van der Waals surface area contributed by atoms with Crippen LogP contribution in [0.2, 0.25) is 0 Å². The Hall–Kier alpha value is -1.26. The minimum Gasteiger partial charge on any atom is -0.399 e. The van der Waals surface area contributed by atoms with Gasteiger partial charge in [0.25, 0.3) is 0 Å². The summed E-state index contributed by atoms with van der Waals surface area (Å²) in [4.78, 5) is 2.40. The molecule has 1 aromatic carbocycles. The fraction of sp³-hybridized carbons (Fsp3) is 0.667. The van der Waals surface area contributed by atoms with Crippen molar-refractivity contribution in [3.05, 3.63) is 23.8 Å². The Bertz CT molecular complexity index is 519. The first-order valence-corrected chi connectivity index (χ1v) is 8.64. The molecule has 0 aliphatic carbocycles. The monoisotopic (exact) mass is 304 g/mol. The number of nitrogen functional groups attached to an aromatic ring is 1. The molecule has 0 bridgehead atoms. The number of rotatable bonds is 6. The normalized spacial score (nSPS) is 27.4. The van der Waals surface area contributed by atoms with Crippen molar-refractivity contribution in [2.45, 2.75) is 32.2 Å². The molecule has 3 rings (SSSR count). The van der Waals surface area contributed by atoms with E-state index < -0.39 is 0 Å². The average Bonchev–Trinajstić information content (AvgIpc) is 3.03. The van der Waals surface area contributed by atoms with Crippen molar-refractivity contribution in [3.8, 4) is 0 Å². The van der Waals surface area contributed by atoms with E-state index in [1.165, 1.54) is 35.1 Å². The number of likely N-dealkylation sites (N-methyl/N-ethyl adjacent to an activating group) is 1. The number of fused-ring (bicyclic) bond motifs is 1. The topological polar surface area (TPSA) is 38.5 Å². The molecule has 2 N–H and O–H groups in total. The number of hydrogen-bond acceptors (Lipinski definition) is 3. The third-order valence-electron chi connectivity index (χ3n) is 5.71. The van der Waals surface area contributed by atoms with Gasteiger partial charge in [-0.3, -0.25) is 0 Å². The van der Waals surface area contributed by atoms with Crippen molar-refractivity contribution in [1.82, 2.24) is 0 Å². The molecule has 122 valence electrons. The number of anilines is 2.